The third kappa shape index (κ3) is 3.22. The molecule has 0 aromatic heterocycles. The maximum Gasteiger partial charge on any atom is 0.0469 e. The van der Waals surface area contributed by atoms with Crippen molar-refractivity contribution in [3.8, 4) is 0 Å². The number of piperazine rings is 1. The number of aryl methyl sites for hydroxylation is 1. The highest BCUT2D eigenvalue weighted by atomic mass is 16.5. The molecule has 2 saturated heterocycles. The molecule has 2 fully saturated rings. The molecular formula is C17H26N2O. The summed E-state index contributed by atoms with van der Waals surface area (Å²) in [6, 6.07) is 9.74. The van der Waals surface area contributed by atoms with Crippen molar-refractivity contribution >= 4 is 0 Å². The Kier molecular flexibility index (Phi) is 4.71. The summed E-state index contributed by atoms with van der Waals surface area (Å²) in [6.07, 6.45) is 2.39. The van der Waals surface area contributed by atoms with E-state index < -0.39 is 0 Å². The first-order valence-corrected chi connectivity index (χ1v) is 7.93. The van der Waals surface area contributed by atoms with Gasteiger partial charge in [-0.1, -0.05) is 29.8 Å². The molecule has 0 spiro atoms. The Labute approximate surface area is 122 Å². The molecule has 1 atom stereocenters. The van der Waals surface area contributed by atoms with Gasteiger partial charge in [-0.25, -0.2) is 0 Å². The number of nitrogens with one attached hydrogen (secondary N) is 1. The van der Waals surface area contributed by atoms with Gasteiger partial charge in [-0.2, -0.15) is 0 Å². The summed E-state index contributed by atoms with van der Waals surface area (Å²) < 4.78 is 5.56. The Hall–Kier alpha value is -0.900. The van der Waals surface area contributed by atoms with Gasteiger partial charge in [0.05, 0.1) is 0 Å². The van der Waals surface area contributed by atoms with Crippen LogP contribution in [0.2, 0.25) is 0 Å². The summed E-state index contributed by atoms with van der Waals surface area (Å²) in [5.74, 6) is 0.740. The smallest absolute Gasteiger partial charge is 0.0469 e. The number of rotatable bonds is 3. The summed E-state index contributed by atoms with van der Waals surface area (Å²) in [4.78, 5) is 2.68. The molecular weight excluding hydrogens is 248 g/mol. The molecule has 110 valence electrons. The van der Waals surface area contributed by atoms with Gasteiger partial charge in [0.2, 0.25) is 0 Å². The molecule has 0 saturated carbocycles. The van der Waals surface area contributed by atoms with Crippen LogP contribution in [-0.2, 0) is 4.74 Å². The Bertz CT molecular complexity index is 388. The van der Waals surface area contributed by atoms with E-state index in [-0.39, 0.29) is 0 Å². The molecule has 1 N–H and O–H groups in total. The van der Waals surface area contributed by atoms with Gasteiger partial charge in [0.15, 0.2) is 0 Å². The van der Waals surface area contributed by atoms with Crippen molar-refractivity contribution in [2.24, 2.45) is 5.92 Å². The zero-order chi connectivity index (χ0) is 13.8. The number of hydrogen-bond donors (Lipinski definition) is 1. The third-order valence-electron chi connectivity index (χ3n) is 4.68. The molecule has 0 bridgehead atoms. The van der Waals surface area contributed by atoms with Crippen LogP contribution in [0.15, 0.2) is 24.3 Å². The predicted molar refractivity (Wildman–Crippen MR) is 81.9 cm³/mol. The Morgan fingerprint density at radius 1 is 1.10 bits per heavy atom. The van der Waals surface area contributed by atoms with E-state index in [0.29, 0.717) is 6.04 Å². The molecule has 2 aliphatic rings. The van der Waals surface area contributed by atoms with Crippen LogP contribution < -0.4 is 5.32 Å². The highest BCUT2D eigenvalue weighted by molar-refractivity contribution is 5.25. The minimum Gasteiger partial charge on any atom is -0.381 e. The molecule has 2 aliphatic heterocycles. The standard InChI is InChI=1S/C17H26N2O/c1-14-2-4-15(5-3-14)17(16-6-12-20-13-7-16)19-10-8-18-9-11-19/h2-5,16-18H,6-13H2,1H3/t17-/m0/s1. The van der Waals surface area contributed by atoms with Crippen LogP contribution >= 0.6 is 0 Å². The zero-order valence-corrected chi connectivity index (χ0v) is 12.5. The average molecular weight is 274 g/mol. The van der Waals surface area contributed by atoms with E-state index in [9.17, 15) is 0 Å². The number of ether oxygens (including phenoxy) is 1. The minimum atomic E-state index is 0.571. The lowest BCUT2D eigenvalue weighted by molar-refractivity contribution is 0.0213. The third-order valence-corrected chi connectivity index (χ3v) is 4.68. The fourth-order valence-corrected chi connectivity index (χ4v) is 3.54. The van der Waals surface area contributed by atoms with Gasteiger partial charge >= 0.3 is 0 Å². The largest absolute Gasteiger partial charge is 0.381 e. The van der Waals surface area contributed by atoms with Crippen molar-refractivity contribution in [1.82, 2.24) is 10.2 Å². The van der Waals surface area contributed by atoms with E-state index in [1.54, 1.807) is 0 Å². The molecule has 0 amide bonds. The summed E-state index contributed by atoms with van der Waals surface area (Å²) in [5, 5.41) is 3.47. The maximum atomic E-state index is 5.56. The van der Waals surface area contributed by atoms with E-state index in [2.05, 4.69) is 41.4 Å². The second-order valence-electron chi connectivity index (χ2n) is 6.09. The second-order valence-corrected chi connectivity index (χ2v) is 6.09. The van der Waals surface area contributed by atoms with Gasteiger partial charge in [0.1, 0.15) is 0 Å². The van der Waals surface area contributed by atoms with E-state index in [1.807, 2.05) is 0 Å². The predicted octanol–water partition coefficient (Wildman–Crippen LogP) is 2.37. The van der Waals surface area contributed by atoms with Crippen molar-refractivity contribution in [2.45, 2.75) is 25.8 Å². The molecule has 0 unspecified atom stereocenters. The van der Waals surface area contributed by atoms with Gasteiger partial charge in [-0.15, -0.1) is 0 Å². The van der Waals surface area contributed by atoms with Crippen LogP contribution in [0.4, 0.5) is 0 Å². The van der Waals surface area contributed by atoms with Crippen LogP contribution in [0.25, 0.3) is 0 Å². The molecule has 0 radical (unpaired) electrons. The molecule has 3 nitrogen and oxygen atoms in total. The lowest BCUT2D eigenvalue weighted by Crippen LogP contribution is -2.47. The molecule has 20 heavy (non-hydrogen) atoms. The number of nitrogens with zero attached hydrogens (tertiary/aromatic N) is 1. The molecule has 1 aromatic rings. The van der Waals surface area contributed by atoms with E-state index in [1.165, 1.54) is 24.0 Å². The van der Waals surface area contributed by atoms with Crippen molar-refractivity contribution in [3.63, 3.8) is 0 Å². The summed E-state index contributed by atoms with van der Waals surface area (Å²) >= 11 is 0. The van der Waals surface area contributed by atoms with Crippen molar-refractivity contribution in [2.75, 3.05) is 39.4 Å². The summed E-state index contributed by atoms with van der Waals surface area (Å²) in [7, 11) is 0. The Balaban J connectivity index is 1.83. The number of benzene rings is 1. The Morgan fingerprint density at radius 3 is 2.40 bits per heavy atom. The summed E-state index contributed by atoms with van der Waals surface area (Å²) in [5.41, 5.74) is 2.84. The van der Waals surface area contributed by atoms with Crippen molar-refractivity contribution in [3.05, 3.63) is 35.4 Å². The van der Waals surface area contributed by atoms with Gasteiger partial charge in [0, 0.05) is 45.4 Å². The van der Waals surface area contributed by atoms with E-state index in [4.69, 9.17) is 4.74 Å². The van der Waals surface area contributed by atoms with E-state index in [0.717, 1.165) is 45.3 Å². The molecule has 3 heteroatoms. The van der Waals surface area contributed by atoms with Gasteiger partial charge in [-0.3, -0.25) is 4.90 Å². The first-order chi connectivity index (χ1) is 9.84. The quantitative estimate of drug-likeness (QED) is 0.916. The molecule has 3 rings (SSSR count). The highest BCUT2D eigenvalue weighted by Crippen LogP contribution is 2.35. The van der Waals surface area contributed by atoms with Gasteiger partial charge in [0.25, 0.3) is 0 Å². The van der Waals surface area contributed by atoms with Crippen molar-refractivity contribution < 1.29 is 4.74 Å². The lowest BCUT2D eigenvalue weighted by Gasteiger charge is -2.41. The first-order valence-electron chi connectivity index (χ1n) is 7.93. The van der Waals surface area contributed by atoms with Crippen LogP contribution in [0.1, 0.15) is 30.0 Å². The fourth-order valence-electron chi connectivity index (χ4n) is 3.54. The SMILES string of the molecule is Cc1ccc([C@@H](C2CCOCC2)N2CCNCC2)cc1. The van der Waals surface area contributed by atoms with Gasteiger partial charge < -0.3 is 10.1 Å². The zero-order valence-electron chi connectivity index (χ0n) is 12.5. The number of hydrogen-bond acceptors (Lipinski definition) is 3. The second kappa shape index (κ2) is 6.70. The molecule has 1 aromatic carbocycles. The fraction of sp³-hybridized carbons (Fsp3) is 0.647. The normalized spacial score (nSPS) is 23.6. The Morgan fingerprint density at radius 2 is 1.75 bits per heavy atom. The molecule has 0 aliphatic carbocycles. The maximum absolute atomic E-state index is 5.56. The highest BCUT2D eigenvalue weighted by Gasteiger charge is 2.30. The average Bonchev–Trinajstić information content (AvgIpc) is 2.52. The lowest BCUT2D eigenvalue weighted by atomic mass is 9.85. The summed E-state index contributed by atoms with van der Waals surface area (Å²) in [6.45, 7) is 8.58. The van der Waals surface area contributed by atoms with Crippen LogP contribution in [0.5, 0.6) is 0 Å². The minimum absolute atomic E-state index is 0.571. The van der Waals surface area contributed by atoms with Crippen LogP contribution in [0.3, 0.4) is 0 Å². The van der Waals surface area contributed by atoms with Crippen LogP contribution in [-0.4, -0.2) is 44.3 Å². The first kappa shape index (κ1) is 14.1. The molecule has 2 heterocycles. The van der Waals surface area contributed by atoms with Crippen molar-refractivity contribution in [1.29, 1.82) is 0 Å². The monoisotopic (exact) mass is 274 g/mol. The van der Waals surface area contributed by atoms with E-state index >= 15 is 0 Å². The van der Waals surface area contributed by atoms with Gasteiger partial charge in [-0.05, 0) is 31.2 Å². The van der Waals surface area contributed by atoms with Crippen LogP contribution in [0, 0.1) is 12.8 Å². The topological polar surface area (TPSA) is 24.5 Å².